The molecule has 0 saturated heterocycles. The molecular weight excluding hydrogens is 238 g/mol. The van der Waals surface area contributed by atoms with Gasteiger partial charge in [-0.05, 0) is 38.0 Å². The van der Waals surface area contributed by atoms with Crippen molar-refractivity contribution in [2.24, 2.45) is 0 Å². The van der Waals surface area contributed by atoms with Crippen molar-refractivity contribution < 1.29 is 4.74 Å². The lowest BCUT2D eigenvalue weighted by molar-refractivity contribution is 0.302. The summed E-state index contributed by atoms with van der Waals surface area (Å²) in [5.41, 5.74) is 3.13. The first-order chi connectivity index (χ1) is 9.26. The van der Waals surface area contributed by atoms with E-state index in [0.717, 1.165) is 41.2 Å². The standard InChI is InChI=1S/C15H17N3O/c1-10-14(11-3-6-15(16-2)18-8-11)7-13(9-17-10)19-12-4-5-12/h3,6-9,12H,4-5H2,1-2H3,(H,16,18). The summed E-state index contributed by atoms with van der Waals surface area (Å²) in [6, 6.07) is 6.06. The van der Waals surface area contributed by atoms with Crippen LogP contribution in [0.4, 0.5) is 5.82 Å². The third-order valence-corrected chi connectivity index (χ3v) is 3.22. The number of nitrogens with zero attached hydrogens (tertiary/aromatic N) is 2. The van der Waals surface area contributed by atoms with Crippen molar-refractivity contribution in [2.45, 2.75) is 25.9 Å². The second-order valence-electron chi connectivity index (χ2n) is 4.80. The Kier molecular flexibility index (Phi) is 3.07. The maximum Gasteiger partial charge on any atom is 0.138 e. The second kappa shape index (κ2) is 4.88. The third kappa shape index (κ3) is 2.67. The van der Waals surface area contributed by atoms with Crippen LogP contribution in [0.1, 0.15) is 18.5 Å². The van der Waals surface area contributed by atoms with Gasteiger partial charge in [-0.2, -0.15) is 0 Å². The van der Waals surface area contributed by atoms with Crippen molar-refractivity contribution in [1.82, 2.24) is 9.97 Å². The molecule has 0 spiro atoms. The zero-order valence-electron chi connectivity index (χ0n) is 11.2. The molecule has 0 bridgehead atoms. The predicted octanol–water partition coefficient (Wildman–Crippen LogP) is 3.03. The minimum atomic E-state index is 0.391. The van der Waals surface area contributed by atoms with Crippen LogP contribution in [0.3, 0.4) is 0 Å². The Morgan fingerprint density at radius 1 is 1.21 bits per heavy atom. The maximum atomic E-state index is 5.79. The molecule has 4 nitrogen and oxygen atoms in total. The number of hydrogen-bond acceptors (Lipinski definition) is 4. The molecule has 1 saturated carbocycles. The molecule has 4 heteroatoms. The first kappa shape index (κ1) is 12.0. The minimum Gasteiger partial charge on any atom is -0.489 e. The van der Waals surface area contributed by atoms with E-state index in [1.54, 1.807) is 6.20 Å². The van der Waals surface area contributed by atoms with Gasteiger partial charge in [-0.15, -0.1) is 0 Å². The fourth-order valence-electron chi connectivity index (χ4n) is 1.95. The van der Waals surface area contributed by atoms with Gasteiger partial charge in [-0.25, -0.2) is 4.98 Å². The Labute approximate surface area is 112 Å². The average molecular weight is 255 g/mol. The molecule has 1 aliphatic rings. The van der Waals surface area contributed by atoms with Gasteiger partial charge in [0, 0.05) is 30.1 Å². The summed E-state index contributed by atoms with van der Waals surface area (Å²) in [5, 5.41) is 3.01. The average Bonchev–Trinajstić information content (AvgIpc) is 3.25. The number of ether oxygens (including phenoxy) is 1. The normalized spacial score (nSPS) is 14.2. The highest BCUT2D eigenvalue weighted by molar-refractivity contribution is 5.67. The number of anilines is 1. The van der Waals surface area contributed by atoms with E-state index >= 15 is 0 Å². The molecule has 98 valence electrons. The van der Waals surface area contributed by atoms with Crippen LogP contribution < -0.4 is 10.1 Å². The minimum absolute atomic E-state index is 0.391. The quantitative estimate of drug-likeness (QED) is 0.912. The first-order valence-electron chi connectivity index (χ1n) is 6.54. The Hall–Kier alpha value is -2.10. The fourth-order valence-corrected chi connectivity index (χ4v) is 1.95. The SMILES string of the molecule is CNc1ccc(-c2cc(OC3CC3)cnc2C)cn1. The van der Waals surface area contributed by atoms with Gasteiger partial charge >= 0.3 is 0 Å². The summed E-state index contributed by atoms with van der Waals surface area (Å²) in [7, 11) is 1.86. The molecule has 19 heavy (non-hydrogen) atoms. The molecule has 3 rings (SSSR count). The topological polar surface area (TPSA) is 47.0 Å². The van der Waals surface area contributed by atoms with Crippen LogP contribution in [0.2, 0.25) is 0 Å². The van der Waals surface area contributed by atoms with Crippen molar-refractivity contribution in [3.05, 3.63) is 36.3 Å². The molecule has 2 heterocycles. The fraction of sp³-hybridized carbons (Fsp3) is 0.333. The lowest BCUT2D eigenvalue weighted by atomic mass is 10.1. The lowest BCUT2D eigenvalue weighted by Crippen LogP contribution is -1.98. The van der Waals surface area contributed by atoms with Gasteiger partial charge in [0.05, 0.1) is 12.3 Å². The lowest BCUT2D eigenvalue weighted by Gasteiger charge is -2.09. The van der Waals surface area contributed by atoms with E-state index in [2.05, 4.69) is 21.4 Å². The number of rotatable bonds is 4. The van der Waals surface area contributed by atoms with Crippen molar-refractivity contribution in [2.75, 3.05) is 12.4 Å². The Morgan fingerprint density at radius 3 is 2.68 bits per heavy atom. The third-order valence-electron chi connectivity index (χ3n) is 3.22. The highest BCUT2D eigenvalue weighted by Crippen LogP contribution is 2.30. The monoisotopic (exact) mass is 255 g/mol. The zero-order chi connectivity index (χ0) is 13.2. The van der Waals surface area contributed by atoms with E-state index in [4.69, 9.17) is 4.74 Å². The molecule has 0 amide bonds. The van der Waals surface area contributed by atoms with E-state index in [1.165, 1.54) is 0 Å². The molecule has 2 aromatic rings. The van der Waals surface area contributed by atoms with Crippen LogP contribution in [0.15, 0.2) is 30.6 Å². The van der Waals surface area contributed by atoms with Gasteiger partial charge in [-0.3, -0.25) is 4.98 Å². The van der Waals surface area contributed by atoms with E-state index < -0.39 is 0 Å². The van der Waals surface area contributed by atoms with Crippen molar-refractivity contribution in [3.8, 4) is 16.9 Å². The molecule has 2 aromatic heterocycles. The number of hydrogen-bond donors (Lipinski definition) is 1. The van der Waals surface area contributed by atoms with E-state index in [-0.39, 0.29) is 0 Å². The van der Waals surface area contributed by atoms with Gasteiger partial charge < -0.3 is 10.1 Å². The van der Waals surface area contributed by atoms with Gasteiger partial charge in [0.1, 0.15) is 11.6 Å². The molecule has 1 aliphatic carbocycles. The molecule has 1 N–H and O–H groups in total. The van der Waals surface area contributed by atoms with E-state index in [9.17, 15) is 0 Å². The Morgan fingerprint density at radius 2 is 2.05 bits per heavy atom. The number of nitrogens with one attached hydrogen (secondary N) is 1. The molecule has 0 radical (unpaired) electrons. The summed E-state index contributed by atoms with van der Waals surface area (Å²) in [6.45, 7) is 2.00. The molecule has 0 aliphatic heterocycles. The number of aromatic nitrogens is 2. The molecule has 1 fully saturated rings. The number of pyridine rings is 2. The van der Waals surface area contributed by atoms with Crippen molar-refractivity contribution >= 4 is 5.82 Å². The number of aryl methyl sites for hydroxylation is 1. The summed E-state index contributed by atoms with van der Waals surface area (Å²) in [5.74, 6) is 1.71. The van der Waals surface area contributed by atoms with Crippen LogP contribution in [0.25, 0.3) is 11.1 Å². The van der Waals surface area contributed by atoms with Crippen LogP contribution in [-0.4, -0.2) is 23.1 Å². The summed E-state index contributed by atoms with van der Waals surface area (Å²) in [6.07, 6.45) is 6.36. The van der Waals surface area contributed by atoms with Crippen LogP contribution >= 0.6 is 0 Å². The first-order valence-corrected chi connectivity index (χ1v) is 6.54. The van der Waals surface area contributed by atoms with Gasteiger partial charge in [0.25, 0.3) is 0 Å². The predicted molar refractivity (Wildman–Crippen MR) is 75.4 cm³/mol. The van der Waals surface area contributed by atoms with Crippen molar-refractivity contribution in [1.29, 1.82) is 0 Å². The van der Waals surface area contributed by atoms with Gasteiger partial charge in [0.15, 0.2) is 0 Å². The Balaban J connectivity index is 1.92. The second-order valence-corrected chi connectivity index (χ2v) is 4.80. The van der Waals surface area contributed by atoms with Gasteiger partial charge in [0.2, 0.25) is 0 Å². The summed E-state index contributed by atoms with van der Waals surface area (Å²) in [4.78, 5) is 8.75. The maximum absolute atomic E-state index is 5.79. The van der Waals surface area contributed by atoms with E-state index in [1.807, 2.05) is 32.3 Å². The van der Waals surface area contributed by atoms with Crippen LogP contribution in [0.5, 0.6) is 5.75 Å². The highest BCUT2D eigenvalue weighted by atomic mass is 16.5. The molecule has 0 unspecified atom stereocenters. The largest absolute Gasteiger partial charge is 0.489 e. The van der Waals surface area contributed by atoms with Gasteiger partial charge in [-0.1, -0.05) is 0 Å². The summed E-state index contributed by atoms with van der Waals surface area (Å²) >= 11 is 0. The molecule has 0 atom stereocenters. The molecule has 0 aromatic carbocycles. The molecular formula is C15H17N3O. The summed E-state index contributed by atoms with van der Waals surface area (Å²) < 4.78 is 5.79. The smallest absolute Gasteiger partial charge is 0.138 e. The van der Waals surface area contributed by atoms with Crippen LogP contribution in [-0.2, 0) is 0 Å². The zero-order valence-corrected chi connectivity index (χ0v) is 11.2. The highest BCUT2D eigenvalue weighted by Gasteiger charge is 2.23. The van der Waals surface area contributed by atoms with Crippen LogP contribution in [0, 0.1) is 6.92 Å². The Bertz CT molecular complexity index is 576. The van der Waals surface area contributed by atoms with E-state index in [0.29, 0.717) is 6.10 Å². The van der Waals surface area contributed by atoms with Crippen molar-refractivity contribution in [3.63, 3.8) is 0 Å².